The van der Waals surface area contributed by atoms with Gasteiger partial charge in [0.05, 0.1) is 11.6 Å². The van der Waals surface area contributed by atoms with E-state index >= 15 is 0 Å². The summed E-state index contributed by atoms with van der Waals surface area (Å²) >= 11 is 3.48. The van der Waals surface area contributed by atoms with E-state index in [1.165, 1.54) is 0 Å². The molecule has 0 bridgehead atoms. The van der Waals surface area contributed by atoms with Crippen LogP contribution < -0.4 is 16.6 Å². The van der Waals surface area contributed by atoms with E-state index in [2.05, 4.69) is 46.8 Å². The number of halogens is 1. The number of fused-ring (bicyclic) bond motifs is 1. The van der Waals surface area contributed by atoms with Crippen LogP contribution in [-0.4, -0.2) is 20.2 Å². The van der Waals surface area contributed by atoms with Crippen molar-refractivity contribution in [3.8, 4) is 0 Å². The fourth-order valence-electron chi connectivity index (χ4n) is 1.85. The maximum atomic E-state index is 5.37. The summed E-state index contributed by atoms with van der Waals surface area (Å²) in [6.07, 6.45) is 1.67. The monoisotopic (exact) mass is 333 g/mol. The Morgan fingerprint density at radius 3 is 2.90 bits per heavy atom. The fraction of sp³-hybridized carbons (Fsp3) is 0.0833. The molecule has 0 unspecified atom stereocenters. The molecule has 0 saturated heterocycles. The van der Waals surface area contributed by atoms with E-state index in [0.717, 1.165) is 21.1 Å². The molecule has 0 aliphatic carbocycles. The summed E-state index contributed by atoms with van der Waals surface area (Å²) in [5, 5.41) is 10.8. The van der Waals surface area contributed by atoms with Gasteiger partial charge >= 0.3 is 0 Å². The van der Waals surface area contributed by atoms with Gasteiger partial charge in [-0.05, 0) is 30.7 Å². The summed E-state index contributed by atoms with van der Waals surface area (Å²) in [4.78, 5) is 8.48. The topological polar surface area (TPSA) is 105 Å². The molecule has 7 nitrogen and oxygen atoms in total. The van der Waals surface area contributed by atoms with Crippen LogP contribution in [0.25, 0.3) is 11.0 Å². The zero-order valence-electron chi connectivity index (χ0n) is 10.6. The number of hydrazine groups is 1. The Kier molecular flexibility index (Phi) is 3.25. The van der Waals surface area contributed by atoms with E-state index in [-0.39, 0.29) is 0 Å². The summed E-state index contributed by atoms with van der Waals surface area (Å²) in [5.74, 6) is 6.33. The first-order chi connectivity index (χ1) is 9.67. The number of nitrogens with one attached hydrogen (secondary N) is 3. The van der Waals surface area contributed by atoms with Crippen molar-refractivity contribution in [3.05, 3.63) is 34.4 Å². The molecular weight excluding hydrogens is 322 g/mol. The molecule has 20 heavy (non-hydrogen) atoms. The maximum absolute atomic E-state index is 5.37. The Labute approximate surface area is 123 Å². The van der Waals surface area contributed by atoms with Gasteiger partial charge < -0.3 is 5.32 Å². The molecule has 0 aliphatic rings. The lowest BCUT2D eigenvalue weighted by Gasteiger charge is -2.09. The van der Waals surface area contributed by atoms with Crippen molar-refractivity contribution in [2.24, 2.45) is 5.84 Å². The second-order valence-corrected chi connectivity index (χ2v) is 5.12. The second-order valence-electron chi connectivity index (χ2n) is 4.26. The maximum Gasteiger partial charge on any atom is 0.241 e. The first-order valence-electron chi connectivity index (χ1n) is 5.88. The number of rotatable bonds is 3. The standard InChI is InChI=1S/C12H12BrN7/c1-6-4-7(2-3-9(6)13)16-10-8-5-15-20-11(8)18-12(17-10)19-14/h2-5H,14H2,1H3,(H3,15,16,17,18,19,20). The number of aryl methyl sites for hydroxylation is 1. The zero-order valence-corrected chi connectivity index (χ0v) is 12.2. The predicted octanol–water partition coefficient (Wildman–Crippen LogP) is 2.45. The number of nitrogens with zero attached hydrogens (tertiary/aromatic N) is 3. The van der Waals surface area contributed by atoms with Crippen LogP contribution in [0.5, 0.6) is 0 Å². The Bertz CT molecular complexity index is 768. The van der Waals surface area contributed by atoms with Gasteiger partial charge in [-0.15, -0.1) is 0 Å². The van der Waals surface area contributed by atoms with Crippen molar-refractivity contribution in [2.45, 2.75) is 6.92 Å². The Balaban J connectivity index is 2.04. The highest BCUT2D eigenvalue weighted by Gasteiger charge is 2.09. The molecule has 5 N–H and O–H groups in total. The minimum atomic E-state index is 0.318. The van der Waals surface area contributed by atoms with Crippen molar-refractivity contribution < 1.29 is 0 Å². The highest BCUT2D eigenvalue weighted by atomic mass is 79.9. The minimum absolute atomic E-state index is 0.318. The first kappa shape index (κ1) is 12.8. The van der Waals surface area contributed by atoms with E-state index in [4.69, 9.17) is 5.84 Å². The van der Waals surface area contributed by atoms with E-state index in [9.17, 15) is 0 Å². The SMILES string of the molecule is Cc1cc(Nc2nc(NN)nc3[nH]ncc23)ccc1Br. The lowest BCUT2D eigenvalue weighted by molar-refractivity contribution is 1.08. The van der Waals surface area contributed by atoms with Crippen LogP contribution in [0.4, 0.5) is 17.5 Å². The molecule has 0 spiro atoms. The summed E-state index contributed by atoms with van der Waals surface area (Å²) < 4.78 is 1.06. The zero-order chi connectivity index (χ0) is 14.1. The molecule has 3 rings (SSSR count). The van der Waals surface area contributed by atoms with Gasteiger partial charge in [-0.2, -0.15) is 15.1 Å². The molecule has 0 amide bonds. The van der Waals surface area contributed by atoms with Crippen LogP contribution in [0.1, 0.15) is 5.56 Å². The number of aromatic nitrogens is 4. The van der Waals surface area contributed by atoms with Gasteiger partial charge in [-0.3, -0.25) is 10.5 Å². The molecule has 0 atom stereocenters. The third-order valence-electron chi connectivity index (χ3n) is 2.86. The number of aromatic amines is 1. The van der Waals surface area contributed by atoms with Crippen LogP contribution in [0, 0.1) is 6.92 Å². The first-order valence-corrected chi connectivity index (χ1v) is 6.67. The average Bonchev–Trinajstić information content (AvgIpc) is 2.91. The van der Waals surface area contributed by atoms with Crippen molar-refractivity contribution in [1.82, 2.24) is 20.2 Å². The number of anilines is 3. The summed E-state index contributed by atoms with van der Waals surface area (Å²) in [7, 11) is 0. The molecule has 0 aliphatic heterocycles. The number of hydrogen-bond donors (Lipinski definition) is 4. The molecule has 0 saturated carbocycles. The number of benzene rings is 1. The second kappa shape index (κ2) is 5.06. The highest BCUT2D eigenvalue weighted by molar-refractivity contribution is 9.10. The molecule has 0 radical (unpaired) electrons. The average molecular weight is 334 g/mol. The highest BCUT2D eigenvalue weighted by Crippen LogP contribution is 2.26. The molecular formula is C12H12BrN7. The normalized spacial score (nSPS) is 10.8. The van der Waals surface area contributed by atoms with Crippen LogP contribution in [0.3, 0.4) is 0 Å². The van der Waals surface area contributed by atoms with Crippen molar-refractivity contribution in [2.75, 3.05) is 10.7 Å². The lowest BCUT2D eigenvalue weighted by atomic mass is 10.2. The van der Waals surface area contributed by atoms with Gasteiger partial charge in [0, 0.05) is 10.2 Å². The summed E-state index contributed by atoms with van der Waals surface area (Å²) in [6, 6.07) is 5.96. The smallest absolute Gasteiger partial charge is 0.241 e. The van der Waals surface area contributed by atoms with Gasteiger partial charge in [0.2, 0.25) is 5.95 Å². The van der Waals surface area contributed by atoms with Gasteiger partial charge in [0.1, 0.15) is 5.82 Å². The Morgan fingerprint density at radius 1 is 1.30 bits per heavy atom. The van der Waals surface area contributed by atoms with E-state index in [1.807, 2.05) is 25.1 Å². The van der Waals surface area contributed by atoms with Crippen molar-refractivity contribution >= 4 is 44.4 Å². The predicted molar refractivity (Wildman–Crippen MR) is 81.7 cm³/mol. The molecule has 2 aromatic heterocycles. The number of H-pyrrole nitrogens is 1. The van der Waals surface area contributed by atoms with E-state index in [1.54, 1.807) is 6.20 Å². The third kappa shape index (κ3) is 2.30. The van der Waals surface area contributed by atoms with Gasteiger partial charge in [-0.1, -0.05) is 15.9 Å². The largest absolute Gasteiger partial charge is 0.339 e. The number of hydrogen-bond acceptors (Lipinski definition) is 6. The quantitative estimate of drug-likeness (QED) is 0.433. The van der Waals surface area contributed by atoms with E-state index < -0.39 is 0 Å². The third-order valence-corrected chi connectivity index (χ3v) is 3.75. The van der Waals surface area contributed by atoms with E-state index in [0.29, 0.717) is 17.4 Å². The summed E-state index contributed by atoms with van der Waals surface area (Å²) in [5.41, 5.74) is 5.11. The fourth-order valence-corrected chi connectivity index (χ4v) is 2.10. The van der Waals surface area contributed by atoms with Crippen LogP contribution >= 0.6 is 15.9 Å². The van der Waals surface area contributed by atoms with Gasteiger partial charge in [0.25, 0.3) is 0 Å². The molecule has 102 valence electrons. The van der Waals surface area contributed by atoms with Crippen LogP contribution in [0.15, 0.2) is 28.9 Å². The molecule has 2 heterocycles. The molecule has 8 heteroatoms. The van der Waals surface area contributed by atoms with Gasteiger partial charge in [-0.25, -0.2) is 5.84 Å². The Morgan fingerprint density at radius 2 is 2.15 bits per heavy atom. The number of nitrogen functional groups attached to an aromatic ring is 1. The lowest BCUT2D eigenvalue weighted by Crippen LogP contribution is -2.11. The minimum Gasteiger partial charge on any atom is -0.339 e. The summed E-state index contributed by atoms with van der Waals surface area (Å²) in [6.45, 7) is 2.02. The molecule has 3 aromatic rings. The van der Waals surface area contributed by atoms with Crippen molar-refractivity contribution in [3.63, 3.8) is 0 Å². The molecule has 1 aromatic carbocycles. The molecule has 0 fully saturated rings. The Hall–Kier alpha value is -2.19. The van der Waals surface area contributed by atoms with Gasteiger partial charge in [0.15, 0.2) is 5.65 Å². The van der Waals surface area contributed by atoms with Crippen LogP contribution in [0.2, 0.25) is 0 Å². The van der Waals surface area contributed by atoms with Crippen LogP contribution in [-0.2, 0) is 0 Å². The van der Waals surface area contributed by atoms with Crippen molar-refractivity contribution in [1.29, 1.82) is 0 Å². The number of nitrogens with two attached hydrogens (primary N) is 1.